The van der Waals surface area contributed by atoms with Gasteiger partial charge in [-0.05, 0) is 34.7 Å². The van der Waals surface area contributed by atoms with Crippen LogP contribution in [0.4, 0.5) is 0 Å². The minimum Gasteiger partial charge on any atom is -0.486 e. The molecular weight excluding hydrogens is 315 g/mol. The molecule has 13 heavy (non-hydrogen) atoms. The van der Waals surface area contributed by atoms with E-state index in [2.05, 4.69) is 47.4 Å². The largest absolute Gasteiger partial charge is 0.486 e. The summed E-state index contributed by atoms with van der Waals surface area (Å²) in [6, 6.07) is 6.21. The molecule has 0 fully saturated rings. The van der Waals surface area contributed by atoms with E-state index >= 15 is 0 Å². The van der Waals surface area contributed by atoms with E-state index in [4.69, 9.17) is 4.74 Å². The summed E-state index contributed by atoms with van der Waals surface area (Å²) in [6.07, 6.45) is 0. The van der Waals surface area contributed by atoms with Crippen LogP contribution in [0.25, 0.3) is 10.1 Å². The summed E-state index contributed by atoms with van der Waals surface area (Å²) in [5, 5.41) is 2.09. The highest BCUT2D eigenvalue weighted by molar-refractivity contribution is 14.1. The Morgan fingerprint density at radius 2 is 2.23 bits per heavy atom. The molecule has 0 N–H and O–H groups in total. The number of fused-ring (bicyclic) bond motifs is 1. The Kier molecular flexibility index (Phi) is 2.71. The molecule has 0 atom stereocenters. The summed E-state index contributed by atoms with van der Waals surface area (Å²) in [5.41, 5.74) is 0. The summed E-state index contributed by atoms with van der Waals surface area (Å²) in [7, 11) is 1.68. The van der Waals surface area contributed by atoms with Crippen molar-refractivity contribution in [3.63, 3.8) is 0 Å². The van der Waals surface area contributed by atoms with Crippen LogP contribution in [-0.4, -0.2) is 7.11 Å². The van der Waals surface area contributed by atoms with Gasteiger partial charge in [0, 0.05) is 13.7 Å². The van der Waals surface area contributed by atoms with Crippen molar-refractivity contribution in [2.24, 2.45) is 0 Å². The van der Waals surface area contributed by atoms with Crippen LogP contribution in [0, 0.1) is 3.57 Å². The molecule has 0 spiro atoms. The Balaban J connectivity index is 2.85. The molecule has 0 saturated heterocycles. The van der Waals surface area contributed by atoms with E-state index < -0.39 is 0 Å². The normalized spacial score (nSPS) is 10.7. The van der Waals surface area contributed by atoms with Gasteiger partial charge in [0.15, 0.2) is 5.06 Å². The highest BCUT2D eigenvalue weighted by Crippen LogP contribution is 2.41. The Bertz CT molecular complexity index is 450. The lowest BCUT2D eigenvalue weighted by atomic mass is 10.3. The van der Waals surface area contributed by atoms with Gasteiger partial charge < -0.3 is 4.74 Å². The zero-order valence-corrected chi connectivity index (χ0v) is 10.7. The first-order valence-corrected chi connectivity index (χ1v) is 6.02. The molecule has 0 amide bonds. The van der Waals surface area contributed by atoms with Crippen LogP contribution in [0.2, 0.25) is 0 Å². The summed E-state index contributed by atoms with van der Waals surface area (Å²) in [4.78, 5) is 0.951. The number of rotatable bonds is 1. The third kappa shape index (κ3) is 1.55. The van der Waals surface area contributed by atoms with Crippen molar-refractivity contribution >= 4 is 56.6 Å². The smallest absolute Gasteiger partial charge is 0.188 e. The van der Waals surface area contributed by atoms with Gasteiger partial charge in [-0.2, -0.15) is 0 Å². The highest BCUT2D eigenvalue weighted by atomic mass is 127. The maximum absolute atomic E-state index is 5.22. The molecule has 1 nitrogen and oxygen atoms in total. The number of thiophene rings is 1. The van der Waals surface area contributed by atoms with Crippen molar-refractivity contribution in [1.82, 2.24) is 0 Å². The number of benzene rings is 1. The third-order valence-electron chi connectivity index (χ3n) is 1.79. The topological polar surface area (TPSA) is 9.23 Å². The Labute approximate surface area is 99.6 Å². The van der Waals surface area contributed by atoms with Gasteiger partial charge in [-0.25, -0.2) is 0 Å². The van der Waals surface area contributed by atoms with E-state index in [1.165, 1.54) is 13.7 Å². The molecule has 0 aliphatic carbocycles. The highest BCUT2D eigenvalue weighted by Gasteiger charge is 2.11. The average Bonchev–Trinajstić information content (AvgIpc) is 2.44. The van der Waals surface area contributed by atoms with E-state index in [9.17, 15) is 0 Å². The first kappa shape index (κ1) is 9.61. The number of thiol groups is 1. The lowest BCUT2D eigenvalue weighted by Gasteiger charge is -1.95. The maximum Gasteiger partial charge on any atom is 0.188 e. The number of methoxy groups -OCH3 is 1. The molecule has 68 valence electrons. The van der Waals surface area contributed by atoms with Crippen molar-refractivity contribution in [1.29, 1.82) is 0 Å². The number of hydrogen-bond donors (Lipinski definition) is 1. The Hall–Kier alpha value is 0.0600. The molecule has 2 aromatic rings. The van der Waals surface area contributed by atoms with Gasteiger partial charge in [-0.1, -0.05) is 17.4 Å². The van der Waals surface area contributed by atoms with Gasteiger partial charge in [0.25, 0.3) is 0 Å². The molecule has 2 rings (SSSR count). The molecule has 0 aliphatic heterocycles. The molecule has 1 aromatic carbocycles. The van der Waals surface area contributed by atoms with Crippen molar-refractivity contribution in [2.45, 2.75) is 4.90 Å². The van der Waals surface area contributed by atoms with Crippen molar-refractivity contribution in [2.75, 3.05) is 7.11 Å². The monoisotopic (exact) mass is 322 g/mol. The molecule has 1 heterocycles. The molecule has 4 heteroatoms. The second kappa shape index (κ2) is 3.67. The fourth-order valence-electron chi connectivity index (χ4n) is 1.21. The summed E-state index contributed by atoms with van der Waals surface area (Å²) < 4.78 is 7.68. The molecule has 0 radical (unpaired) electrons. The van der Waals surface area contributed by atoms with E-state index in [-0.39, 0.29) is 0 Å². The minimum atomic E-state index is 0.891. The predicted octanol–water partition coefficient (Wildman–Crippen LogP) is 3.80. The lowest BCUT2D eigenvalue weighted by molar-refractivity contribution is 0.419. The van der Waals surface area contributed by atoms with Gasteiger partial charge in [-0.3, -0.25) is 0 Å². The van der Waals surface area contributed by atoms with E-state index in [0.717, 1.165) is 9.96 Å². The summed E-state index contributed by atoms with van der Waals surface area (Å²) >= 11 is 8.40. The van der Waals surface area contributed by atoms with Crippen LogP contribution in [0.1, 0.15) is 0 Å². The van der Waals surface area contributed by atoms with Crippen LogP contribution in [0.5, 0.6) is 5.06 Å². The summed E-state index contributed by atoms with van der Waals surface area (Å²) in [6.45, 7) is 0. The van der Waals surface area contributed by atoms with Gasteiger partial charge in [0.2, 0.25) is 0 Å². The number of ether oxygens (including phenoxy) is 1. The van der Waals surface area contributed by atoms with Crippen LogP contribution >= 0.6 is 46.6 Å². The first-order chi connectivity index (χ1) is 6.24. The molecule has 1 aromatic heterocycles. The van der Waals surface area contributed by atoms with Crippen LogP contribution < -0.4 is 4.74 Å². The van der Waals surface area contributed by atoms with Crippen molar-refractivity contribution < 1.29 is 4.74 Å². The van der Waals surface area contributed by atoms with Crippen LogP contribution in [0.3, 0.4) is 0 Å². The first-order valence-electron chi connectivity index (χ1n) is 3.68. The van der Waals surface area contributed by atoms with Gasteiger partial charge in [0.05, 0.1) is 12.0 Å². The SMILES string of the molecule is COc1sc2cccc(I)c2c1S. The Morgan fingerprint density at radius 3 is 2.85 bits per heavy atom. The predicted molar refractivity (Wildman–Crippen MR) is 68.3 cm³/mol. The molecule has 0 saturated carbocycles. The lowest BCUT2D eigenvalue weighted by Crippen LogP contribution is -1.78. The third-order valence-corrected chi connectivity index (χ3v) is 4.39. The van der Waals surface area contributed by atoms with Crippen molar-refractivity contribution in [3.8, 4) is 5.06 Å². The van der Waals surface area contributed by atoms with Crippen LogP contribution in [-0.2, 0) is 0 Å². The maximum atomic E-state index is 5.22. The quantitative estimate of drug-likeness (QED) is 0.621. The van der Waals surface area contributed by atoms with Crippen molar-refractivity contribution in [3.05, 3.63) is 21.8 Å². The average molecular weight is 322 g/mol. The molecule has 0 bridgehead atoms. The second-order valence-corrected chi connectivity index (χ2v) is 5.18. The van der Waals surface area contributed by atoms with E-state index in [0.29, 0.717) is 0 Å². The van der Waals surface area contributed by atoms with E-state index in [1.807, 2.05) is 6.07 Å². The number of hydrogen-bond acceptors (Lipinski definition) is 3. The fourth-order valence-corrected chi connectivity index (χ4v) is 3.86. The van der Waals surface area contributed by atoms with Gasteiger partial charge in [0.1, 0.15) is 0 Å². The zero-order chi connectivity index (χ0) is 9.42. The van der Waals surface area contributed by atoms with E-state index in [1.54, 1.807) is 18.4 Å². The van der Waals surface area contributed by atoms with Gasteiger partial charge in [-0.15, -0.1) is 12.6 Å². The zero-order valence-electron chi connectivity index (χ0n) is 6.87. The molecule has 0 aliphatic rings. The summed E-state index contributed by atoms with van der Waals surface area (Å²) in [5.74, 6) is 0. The standard InChI is InChI=1S/C9H7IOS2/c1-11-9-8(12)7-5(10)3-2-4-6(7)13-9/h2-4,12H,1H3. The minimum absolute atomic E-state index is 0.891. The fraction of sp³-hybridized carbons (Fsp3) is 0.111. The molecule has 0 unspecified atom stereocenters. The molecular formula is C9H7IOS2. The Morgan fingerprint density at radius 1 is 1.46 bits per heavy atom. The van der Waals surface area contributed by atoms with Gasteiger partial charge >= 0.3 is 0 Å². The second-order valence-electron chi connectivity index (χ2n) is 2.56. The number of halogens is 1. The van der Waals surface area contributed by atoms with Crippen LogP contribution in [0.15, 0.2) is 23.1 Å².